The van der Waals surface area contributed by atoms with Crippen LogP contribution in [0.15, 0.2) is 12.2 Å². The van der Waals surface area contributed by atoms with Gasteiger partial charge in [-0.25, -0.2) is 4.57 Å². The number of phosphoric ester groups is 1. The summed E-state index contributed by atoms with van der Waals surface area (Å²) in [6, 6.07) is 0. The van der Waals surface area contributed by atoms with Crippen LogP contribution in [0.4, 0.5) is 0 Å². The first kappa shape index (κ1) is 50.8. The molecule has 308 valence electrons. The largest absolute Gasteiger partial charge is 0.469 e. The summed E-state index contributed by atoms with van der Waals surface area (Å²) >= 11 is 0. The van der Waals surface area contributed by atoms with E-state index >= 15 is 0 Å². The second-order valence-corrected chi connectivity index (χ2v) is 16.3. The SMILES string of the molecule is CCCCCC/C=C/CCCCCCCCCCCC(=O)O[C@H](COC(=O)CCCCCCCCCCCCCCCCCCC)COP(=O)(O)O. The van der Waals surface area contributed by atoms with Crippen LogP contribution in [0.2, 0.25) is 0 Å². The molecule has 0 spiro atoms. The molecule has 0 aromatic rings. The number of carbonyl (C=O) groups excluding carboxylic acids is 2. The van der Waals surface area contributed by atoms with E-state index in [-0.39, 0.29) is 19.4 Å². The number of rotatable bonds is 41. The van der Waals surface area contributed by atoms with Crippen LogP contribution in [-0.2, 0) is 28.2 Å². The van der Waals surface area contributed by atoms with Gasteiger partial charge in [-0.2, -0.15) is 0 Å². The van der Waals surface area contributed by atoms with E-state index in [0.29, 0.717) is 6.42 Å². The molecule has 0 bridgehead atoms. The van der Waals surface area contributed by atoms with Gasteiger partial charge in [0.05, 0.1) is 6.61 Å². The van der Waals surface area contributed by atoms with Crippen LogP contribution < -0.4 is 0 Å². The fourth-order valence-electron chi connectivity index (χ4n) is 6.49. The van der Waals surface area contributed by atoms with Gasteiger partial charge in [0.25, 0.3) is 0 Å². The molecule has 9 heteroatoms. The number of allylic oxidation sites excluding steroid dienone is 2. The summed E-state index contributed by atoms with van der Waals surface area (Å²) in [6.07, 6.45) is 43.6. The molecule has 0 heterocycles. The van der Waals surface area contributed by atoms with Crippen molar-refractivity contribution in [2.75, 3.05) is 13.2 Å². The van der Waals surface area contributed by atoms with E-state index in [1.54, 1.807) is 0 Å². The van der Waals surface area contributed by atoms with Crippen molar-refractivity contribution in [2.45, 2.75) is 238 Å². The zero-order valence-corrected chi connectivity index (χ0v) is 34.9. The summed E-state index contributed by atoms with van der Waals surface area (Å²) in [6.45, 7) is 3.70. The molecular formula is C43H83O8P. The maximum atomic E-state index is 12.4. The van der Waals surface area contributed by atoms with E-state index in [4.69, 9.17) is 19.3 Å². The molecule has 0 aliphatic rings. The van der Waals surface area contributed by atoms with Crippen LogP contribution in [0.5, 0.6) is 0 Å². The average molecular weight is 759 g/mol. The van der Waals surface area contributed by atoms with Crippen molar-refractivity contribution >= 4 is 19.8 Å². The third kappa shape index (κ3) is 41.5. The number of esters is 2. The number of hydrogen-bond acceptors (Lipinski definition) is 6. The van der Waals surface area contributed by atoms with Crippen LogP contribution in [0, 0.1) is 0 Å². The maximum absolute atomic E-state index is 12.4. The first-order valence-electron chi connectivity index (χ1n) is 22.0. The van der Waals surface area contributed by atoms with Crippen molar-refractivity contribution in [3.05, 3.63) is 12.2 Å². The Labute approximate surface area is 320 Å². The standard InChI is InChI=1S/C43H83O8P/c1-3-5-7-9-11-13-15-17-19-21-23-25-27-29-31-33-35-37-42(44)49-39-41(40-50-52(46,47)48)51-43(45)38-36-34-32-30-28-26-24-22-20-18-16-14-12-10-8-6-4-2/h14,16,41H,3-13,15,17-40H2,1-2H3,(H2,46,47,48)/b16-14+/t41-/m1/s1. The second kappa shape index (κ2) is 39.5. The molecule has 0 aromatic heterocycles. The molecule has 0 aromatic carbocycles. The highest BCUT2D eigenvalue weighted by Crippen LogP contribution is 2.36. The zero-order chi connectivity index (χ0) is 38.2. The Hall–Kier alpha value is -1.21. The van der Waals surface area contributed by atoms with Gasteiger partial charge in [0.15, 0.2) is 6.10 Å². The fourth-order valence-corrected chi connectivity index (χ4v) is 6.85. The van der Waals surface area contributed by atoms with E-state index < -0.39 is 32.5 Å². The van der Waals surface area contributed by atoms with Gasteiger partial charge >= 0.3 is 19.8 Å². The summed E-state index contributed by atoms with van der Waals surface area (Å²) in [5.41, 5.74) is 0. The molecule has 0 amide bonds. The second-order valence-electron chi connectivity index (χ2n) is 15.0. The molecule has 52 heavy (non-hydrogen) atoms. The highest BCUT2D eigenvalue weighted by atomic mass is 31.2. The monoisotopic (exact) mass is 759 g/mol. The summed E-state index contributed by atoms with van der Waals surface area (Å²) in [5.74, 6) is -0.873. The molecule has 0 unspecified atom stereocenters. The van der Waals surface area contributed by atoms with Gasteiger partial charge in [0, 0.05) is 12.8 Å². The normalized spacial score (nSPS) is 12.5. The van der Waals surface area contributed by atoms with Crippen LogP contribution in [0.25, 0.3) is 0 Å². The number of phosphoric acid groups is 1. The minimum Gasteiger partial charge on any atom is -0.462 e. The van der Waals surface area contributed by atoms with E-state index in [1.165, 1.54) is 161 Å². The summed E-state index contributed by atoms with van der Waals surface area (Å²) < 4.78 is 26.4. The van der Waals surface area contributed by atoms with Crippen LogP contribution in [0.1, 0.15) is 232 Å². The van der Waals surface area contributed by atoms with Gasteiger partial charge in [-0.1, -0.05) is 193 Å². The lowest BCUT2D eigenvalue weighted by atomic mass is 10.0. The molecule has 0 aliphatic heterocycles. The Kier molecular flexibility index (Phi) is 38.6. The van der Waals surface area contributed by atoms with Crippen LogP contribution >= 0.6 is 7.82 Å². The lowest BCUT2D eigenvalue weighted by molar-refractivity contribution is -0.161. The van der Waals surface area contributed by atoms with Gasteiger partial charge < -0.3 is 19.3 Å². The zero-order valence-electron chi connectivity index (χ0n) is 34.0. The van der Waals surface area contributed by atoms with Crippen LogP contribution in [0.3, 0.4) is 0 Å². The van der Waals surface area contributed by atoms with Crippen LogP contribution in [-0.4, -0.2) is 41.0 Å². The van der Waals surface area contributed by atoms with E-state index in [0.717, 1.165) is 38.5 Å². The lowest BCUT2D eigenvalue weighted by Gasteiger charge is -2.18. The van der Waals surface area contributed by atoms with E-state index in [1.807, 2.05) is 0 Å². The molecule has 0 aliphatic carbocycles. The van der Waals surface area contributed by atoms with Crippen molar-refractivity contribution in [1.29, 1.82) is 0 Å². The fraction of sp³-hybridized carbons (Fsp3) is 0.907. The molecule has 2 N–H and O–H groups in total. The minimum absolute atomic E-state index is 0.214. The van der Waals surface area contributed by atoms with Crippen molar-refractivity contribution in [1.82, 2.24) is 0 Å². The van der Waals surface area contributed by atoms with Gasteiger partial charge in [0.2, 0.25) is 0 Å². The Morgan fingerprint density at radius 2 is 0.808 bits per heavy atom. The molecule has 0 saturated carbocycles. The summed E-state index contributed by atoms with van der Waals surface area (Å²) in [7, 11) is -4.75. The highest BCUT2D eigenvalue weighted by molar-refractivity contribution is 7.46. The Morgan fingerprint density at radius 1 is 0.481 bits per heavy atom. The lowest BCUT2D eigenvalue weighted by Crippen LogP contribution is -2.29. The van der Waals surface area contributed by atoms with Crippen molar-refractivity contribution < 1.29 is 37.9 Å². The molecule has 0 fully saturated rings. The van der Waals surface area contributed by atoms with E-state index in [9.17, 15) is 14.2 Å². The number of hydrogen-bond donors (Lipinski definition) is 2. The third-order valence-electron chi connectivity index (χ3n) is 9.78. The average Bonchev–Trinajstić information content (AvgIpc) is 3.11. The number of unbranched alkanes of at least 4 members (excludes halogenated alkanes) is 29. The molecule has 1 atom stereocenters. The van der Waals surface area contributed by atoms with Crippen molar-refractivity contribution in [3.63, 3.8) is 0 Å². The molecule has 0 radical (unpaired) electrons. The topological polar surface area (TPSA) is 119 Å². The third-order valence-corrected chi connectivity index (χ3v) is 10.3. The van der Waals surface area contributed by atoms with Crippen molar-refractivity contribution in [3.8, 4) is 0 Å². The van der Waals surface area contributed by atoms with Crippen molar-refractivity contribution in [2.24, 2.45) is 0 Å². The first-order chi connectivity index (χ1) is 25.3. The summed E-state index contributed by atoms with van der Waals surface area (Å²) in [4.78, 5) is 42.9. The van der Waals surface area contributed by atoms with Gasteiger partial charge in [-0.15, -0.1) is 0 Å². The smallest absolute Gasteiger partial charge is 0.462 e. The number of carbonyl (C=O) groups is 2. The predicted octanol–water partition coefficient (Wildman–Crippen LogP) is 13.4. The number of ether oxygens (including phenoxy) is 2. The maximum Gasteiger partial charge on any atom is 0.469 e. The minimum atomic E-state index is -4.75. The summed E-state index contributed by atoms with van der Waals surface area (Å²) in [5, 5.41) is 0. The Morgan fingerprint density at radius 3 is 1.19 bits per heavy atom. The Balaban J connectivity index is 3.85. The van der Waals surface area contributed by atoms with Gasteiger partial charge in [-0.05, 0) is 38.5 Å². The highest BCUT2D eigenvalue weighted by Gasteiger charge is 2.22. The Bertz CT molecular complexity index is 858. The van der Waals surface area contributed by atoms with Gasteiger partial charge in [-0.3, -0.25) is 14.1 Å². The predicted molar refractivity (Wildman–Crippen MR) is 216 cm³/mol. The molecular weight excluding hydrogens is 675 g/mol. The quantitative estimate of drug-likeness (QED) is 0.0274. The molecule has 0 rings (SSSR count). The molecule has 0 saturated heterocycles. The first-order valence-corrected chi connectivity index (χ1v) is 23.5. The van der Waals surface area contributed by atoms with Gasteiger partial charge in [0.1, 0.15) is 6.61 Å². The molecule has 8 nitrogen and oxygen atoms in total. The van der Waals surface area contributed by atoms with E-state index in [2.05, 4.69) is 30.5 Å².